The minimum Gasteiger partial charge on any atom is -0.335 e. The van der Waals surface area contributed by atoms with Gasteiger partial charge in [0.05, 0.1) is 5.56 Å². The fraction of sp³-hybridized carbons (Fsp3) is 0.227. The van der Waals surface area contributed by atoms with E-state index in [0.29, 0.717) is 23.0 Å². The number of rotatable bonds is 5. The number of nitrogens with one attached hydrogen (secondary N) is 3. The summed E-state index contributed by atoms with van der Waals surface area (Å²) in [7, 11) is 0. The van der Waals surface area contributed by atoms with Crippen molar-refractivity contribution in [1.82, 2.24) is 14.9 Å². The van der Waals surface area contributed by atoms with Gasteiger partial charge in [0.2, 0.25) is 0 Å². The van der Waals surface area contributed by atoms with Gasteiger partial charge in [-0.15, -0.1) is 0 Å². The van der Waals surface area contributed by atoms with Crippen LogP contribution in [0.1, 0.15) is 34.6 Å². The Balaban J connectivity index is 1.45. The Kier molecular flexibility index (Phi) is 5.03. The summed E-state index contributed by atoms with van der Waals surface area (Å²) in [6.45, 7) is 3.85. The van der Waals surface area contributed by atoms with Crippen molar-refractivity contribution in [2.45, 2.75) is 32.7 Å². The van der Waals surface area contributed by atoms with Gasteiger partial charge in [0, 0.05) is 35.0 Å². The van der Waals surface area contributed by atoms with Gasteiger partial charge in [-0.25, -0.2) is 9.78 Å². The van der Waals surface area contributed by atoms with E-state index in [2.05, 4.69) is 20.9 Å². The average Bonchev–Trinajstić information content (AvgIpc) is 3.46. The molecular formula is C22H23N5O2. The van der Waals surface area contributed by atoms with Crippen LogP contribution >= 0.6 is 0 Å². The number of urea groups is 1. The van der Waals surface area contributed by atoms with E-state index >= 15 is 0 Å². The number of hydrogen-bond acceptors (Lipinski definition) is 3. The number of anilines is 2. The van der Waals surface area contributed by atoms with E-state index in [1.165, 1.54) is 0 Å². The van der Waals surface area contributed by atoms with Crippen LogP contribution in [0.5, 0.6) is 0 Å². The van der Waals surface area contributed by atoms with Crippen LogP contribution in [0, 0.1) is 13.8 Å². The lowest BCUT2D eigenvalue weighted by molar-refractivity contribution is 0.102. The lowest BCUT2D eigenvalue weighted by Crippen LogP contribution is -2.30. The van der Waals surface area contributed by atoms with Crippen LogP contribution in [0.2, 0.25) is 0 Å². The third-order valence-corrected chi connectivity index (χ3v) is 4.87. The molecule has 2 heterocycles. The first-order valence-electron chi connectivity index (χ1n) is 9.60. The quantitative estimate of drug-likeness (QED) is 0.616. The topological polar surface area (TPSA) is 88.0 Å². The van der Waals surface area contributed by atoms with Crippen molar-refractivity contribution in [2.24, 2.45) is 0 Å². The molecule has 0 atom stereocenters. The second kappa shape index (κ2) is 7.79. The number of nitrogens with zero attached hydrogens (tertiary/aromatic N) is 2. The van der Waals surface area contributed by atoms with E-state index in [0.717, 1.165) is 30.0 Å². The summed E-state index contributed by atoms with van der Waals surface area (Å²) < 4.78 is 1.96. The van der Waals surface area contributed by atoms with Gasteiger partial charge in [0.15, 0.2) is 0 Å². The van der Waals surface area contributed by atoms with Gasteiger partial charge in [-0.05, 0) is 69.2 Å². The maximum absolute atomic E-state index is 12.8. The number of aromatic nitrogens is 2. The smallest absolute Gasteiger partial charge is 0.319 e. The Hall–Kier alpha value is -3.61. The van der Waals surface area contributed by atoms with Crippen LogP contribution in [0.15, 0.2) is 54.7 Å². The largest absolute Gasteiger partial charge is 0.335 e. The van der Waals surface area contributed by atoms with Crippen LogP contribution in [0.25, 0.3) is 5.82 Å². The Morgan fingerprint density at radius 3 is 2.31 bits per heavy atom. The van der Waals surface area contributed by atoms with Crippen molar-refractivity contribution in [3.63, 3.8) is 0 Å². The summed E-state index contributed by atoms with van der Waals surface area (Å²) in [4.78, 5) is 29.0. The highest BCUT2D eigenvalue weighted by atomic mass is 16.2. The molecule has 3 amide bonds. The fourth-order valence-corrected chi connectivity index (χ4v) is 3.25. The lowest BCUT2D eigenvalue weighted by Gasteiger charge is -2.10. The predicted molar refractivity (Wildman–Crippen MR) is 113 cm³/mol. The van der Waals surface area contributed by atoms with Crippen molar-refractivity contribution in [1.29, 1.82) is 0 Å². The highest BCUT2D eigenvalue weighted by Crippen LogP contribution is 2.22. The SMILES string of the molecule is Cc1cc(C(=O)Nc2ccc(NC(=O)NC3CC3)cc2)c(C)n1-c1ccccn1. The Morgan fingerprint density at radius 1 is 1.00 bits per heavy atom. The number of amides is 3. The van der Waals surface area contributed by atoms with Gasteiger partial charge < -0.3 is 20.5 Å². The highest BCUT2D eigenvalue weighted by molar-refractivity contribution is 6.05. The fourth-order valence-electron chi connectivity index (χ4n) is 3.25. The number of benzene rings is 1. The zero-order valence-electron chi connectivity index (χ0n) is 16.4. The molecule has 0 bridgehead atoms. The number of pyridine rings is 1. The lowest BCUT2D eigenvalue weighted by atomic mass is 10.2. The average molecular weight is 389 g/mol. The van der Waals surface area contributed by atoms with Gasteiger partial charge in [0.25, 0.3) is 5.91 Å². The van der Waals surface area contributed by atoms with E-state index in [9.17, 15) is 9.59 Å². The predicted octanol–water partition coefficient (Wildman–Crippen LogP) is 4.03. The Morgan fingerprint density at radius 2 is 1.69 bits per heavy atom. The van der Waals surface area contributed by atoms with Crippen molar-refractivity contribution in [3.8, 4) is 5.82 Å². The van der Waals surface area contributed by atoms with E-state index in [4.69, 9.17) is 0 Å². The van der Waals surface area contributed by atoms with Crippen molar-refractivity contribution in [3.05, 3.63) is 71.7 Å². The normalized spacial score (nSPS) is 13.0. The molecule has 0 spiro atoms. The highest BCUT2D eigenvalue weighted by Gasteiger charge is 2.23. The Labute approximate surface area is 169 Å². The van der Waals surface area contributed by atoms with Gasteiger partial charge in [0.1, 0.15) is 5.82 Å². The van der Waals surface area contributed by atoms with Crippen LogP contribution < -0.4 is 16.0 Å². The molecular weight excluding hydrogens is 366 g/mol. The molecule has 1 aliphatic carbocycles. The number of carbonyl (C=O) groups excluding carboxylic acids is 2. The number of carbonyl (C=O) groups is 2. The molecule has 1 saturated carbocycles. The third-order valence-electron chi connectivity index (χ3n) is 4.87. The molecule has 1 aromatic carbocycles. The molecule has 29 heavy (non-hydrogen) atoms. The summed E-state index contributed by atoms with van der Waals surface area (Å²) in [5.41, 5.74) is 3.70. The maximum atomic E-state index is 12.8. The molecule has 0 unspecified atom stereocenters. The summed E-state index contributed by atoms with van der Waals surface area (Å²) in [5, 5.41) is 8.57. The van der Waals surface area contributed by atoms with Gasteiger partial charge in [-0.3, -0.25) is 4.79 Å². The van der Waals surface area contributed by atoms with E-state index in [1.54, 1.807) is 30.5 Å². The van der Waals surface area contributed by atoms with E-state index in [1.807, 2.05) is 42.7 Å². The molecule has 0 aliphatic heterocycles. The van der Waals surface area contributed by atoms with Crippen LogP contribution in [-0.4, -0.2) is 27.5 Å². The number of aryl methyl sites for hydroxylation is 1. The number of hydrogen-bond donors (Lipinski definition) is 3. The molecule has 2 aromatic heterocycles. The van der Waals surface area contributed by atoms with Crippen molar-refractivity contribution < 1.29 is 9.59 Å². The van der Waals surface area contributed by atoms with E-state index in [-0.39, 0.29) is 11.9 Å². The van der Waals surface area contributed by atoms with Crippen LogP contribution in [0.3, 0.4) is 0 Å². The molecule has 3 aromatic rings. The first kappa shape index (κ1) is 18.7. The summed E-state index contributed by atoms with van der Waals surface area (Å²) in [5.74, 6) is 0.592. The van der Waals surface area contributed by atoms with Crippen molar-refractivity contribution >= 4 is 23.3 Å². The van der Waals surface area contributed by atoms with E-state index < -0.39 is 0 Å². The molecule has 1 aliphatic rings. The second-order valence-corrected chi connectivity index (χ2v) is 7.21. The standard InChI is InChI=1S/C22H23N5O2/c1-14-13-19(15(2)27(14)20-5-3-4-12-23-20)21(28)24-16-6-8-17(9-7-16)25-22(29)26-18-10-11-18/h3-9,12-13,18H,10-11H2,1-2H3,(H,24,28)(H2,25,26,29). The molecule has 0 saturated heterocycles. The van der Waals surface area contributed by atoms with Crippen LogP contribution in [-0.2, 0) is 0 Å². The van der Waals surface area contributed by atoms with Crippen LogP contribution in [0.4, 0.5) is 16.2 Å². The molecule has 7 heteroatoms. The minimum absolute atomic E-state index is 0.188. The molecule has 4 rings (SSSR count). The first-order valence-corrected chi connectivity index (χ1v) is 9.60. The second-order valence-electron chi connectivity index (χ2n) is 7.21. The first-order chi connectivity index (χ1) is 14.0. The molecule has 3 N–H and O–H groups in total. The minimum atomic E-state index is -0.203. The zero-order valence-corrected chi connectivity index (χ0v) is 16.4. The summed E-state index contributed by atoms with van der Waals surface area (Å²) in [6, 6.07) is 14.7. The maximum Gasteiger partial charge on any atom is 0.319 e. The summed E-state index contributed by atoms with van der Waals surface area (Å²) >= 11 is 0. The molecule has 0 radical (unpaired) electrons. The van der Waals surface area contributed by atoms with Gasteiger partial charge >= 0.3 is 6.03 Å². The zero-order chi connectivity index (χ0) is 20.4. The van der Waals surface area contributed by atoms with Crippen molar-refractivity contribution in [2.75, 3.05) is 10.6 Å². The van der Waals surface area contributed by atoms with Gasteiger partial charge in [-0.1, -0.05) is 6.07 Å². The third kappa shape index (κ3) is 4.29. The molecule has 1 fully saturated rings. The molecule has 7 nitrogen and oxygen atoms in total. The monoisotopic (exact) mass is 389 g/mol. The Bertz CT molecular complexity index is 1040. The summed E-state index contributed by atoms with van der Waals surface area (Å²) in [6.07, 6.45) is 3.81. The van der Waals surface area contributed by atoms with Gasteiger partial charge in [-0.2, -0.15) is 0 Å². The molecule has 148 valence electrons.